The van der Waals surface area contributed by atoms with Crippen LogP contribution < -0.4 is 5.45 Å². The van der Waals surface area contributed by atoms with E-state index in [1.165, 1.54) is 0 Å². The van der Waals surface area contributed by atoms with Crippen molar-refractivity contribution in [3.8, 4) is 0 Å². The molecule has 0 saturated carbocycles. The second kappa shape index (κ2) is 4.51. The maximum absolute atomic E-state index is 4.37. The SMILES string of the molecule is CC(C)[SiH](c1ncccn1)C(C)C. The zero-order valence-electron chi connectivity index (χ0n) is 8.86. The van der Waals surface area contributed by atoms with Gasteiger partial charge in [0.25, 0.3) is 0 Å². The molecule has 0 aromatic carbocycles. The van der Waals surface area contributed by atoms with Crippen LogP contribution in [0.3, 0.4) is 0 Å². The lowest BCUT2D eigenvalue weighted by molar-refractivity contribution is 0.940. The molecule has 1 rings (SSSR count). The third-order valence-corrected chi connectivity index (χ3v) is 6.09. The molecule has 0 spiro atoms. The highest BCUT2D eigenvalue weighted by molar-refractivity contribution is 6.74. The van der Waals surface area contributed by atoms with Crippen molar-refractivity contribution < 1.29 is 0 Å². The molecule has 1 aromatic rings. The fourth-order valence-electron chi connectivity index (χ4n) is 1.85. The van der Waals surface area contributed by atoms with Crippen molar-refractivity contribution in [2.75, 3.05) is 0 Å². The summed E-state index contributed by atoms with van der Waals surface area (Å²) >= 11 is 0. The number of rotatable bonds is 3. The molecular formula is C10H18N2Si. The zero-order chi connectivity index (χ0) is 9.84. The van der Waals surface area contributed by atoms with E-state index in [9.17, 15) is 0 Å². The standard InChI is InChI=1S/C10H18N2Si/c1-8(2)13(9(3)4)10-11-6-5-7-12-10/h5-9,13H,1-4H3. The minimum Gasteiger partial charge on any atom is -0.247 e. The molecule has 1 heterocycles. The summed E-state index contributed by atoms with van der Waals surface area (Å²) in [5.74, 6) is 0. The quantitative estimate of drug-likeness (QED) is 0.685. The van der Waals surface area contributed by atoms with Crippen molar-refractivity contribution in [2.24, 2.45) is 0 Å². The molecule has 0 bridgehead atoms. The molecule has 0 aliphatic carbocycles. The molecule has 3 heteroatoms. The van der Waals surface area contributed by atoms with Gasteiger partial charge in [0.1, 0.15) is 14.2 Å². The molecule has 0 saturated heterocycles. The first kappa shape index (κ1) is 10.4. The van der Waals surface area contributed by atoms with E-state index < -0.39 is 8.80 Å². The van der Waals surface area contributed by atoms with Crippen molar-refractivity contribution in [3.63, 3.8) is 0 Å². The van der Waals surface area contributed by atoms with Gasteiger partial charge >= 0.3 is 0 Å². The zero-order valence-corrected chi connectivity index (χ0v) is 10.0. The largest absolute Gasteiger partial charge is 0.247 e. The number of hydrogen-bond acceptors (Lipinski definition) is 2. The minimum absolute atomic E-state index is 0.738. The summed E-state index contributed by atoms with van der Waals surface area (Å²) in [6.07, 6.45) is 3.71. The summed E-state index contributed by atoms with van der Waals surface area (Å²) in [5.41, 5.74) is 2.59. The second-order valence-corrected chi connectivity index (χ2v) is 8.36. The normalized spacial score (nSPS) is 11.6. The Labute approximate surface area is 82.0 Å². The van der Waals surface area contributed by atoms with Crippen molar-refractivity contribution in [3.05, 3.63) is 18.5 Å². The van der Waals surface area contributed by atoms with Gasteiger partial charge in [0.05, 0.1) is 0 Å². The summed E-state index contributed by atoms with van der Waals surface area (Å²) in [6, 6.07) is 1.88. The Morgan fingerprint density at radius 3 is 1.85 bits per heavy atom. The van der Waals surface area contributed by atoms with Crippen LogP contribution in [0.1, 0.15) is 27.7 Å². The van der Waals surface area contributed by atoms with Crippen LogP contribution in [0, 0.1) is 0 Å². The molecule has 1 aromatic heterocycles. The molecule has 72 valence electrons. The van der Waals surface area contributed by atoms with Crippen LogP contribution in [-0.4, -0.2) is 18.8 Å². The first-order chi connectivity index (χ1) is 6.13. The van der Waals surface area contributed by atoms with Crippen molar-refractivity contribution >= 4 is 14.2 Å². The van der Waals surface area contributed by atoms with Gasteiger partial charge in [0, 0.05) is 12.4 Å². The smallest absolute Gasteiger partial charge is 0.124 e. The molecule has 0 fully saturated rings. The van der Waals surface area contributed by atoms with E-state index in [-0.39, 0.29) is 0 Å². The summed E-state index contributed by atoms with van der Waals surface area (Å²) in [7, 11) is -0.961. The van der Waals surface area contributed by atoms with Gasteiger partial charge < -0.3 is 0 Å². The van der Waals surface area contributed by atoms with Crippen LogP contribution in [0.5, 0.6) is 0 Å². The number of nitrogens with zero attached hydrogens (tertiary/aromatic N) is 2. The van der Waals surface area contributed by atoms with Crippen molar-refractivity contribution in [1.82, 2.24) is 9.97 Å². The lowest BCUT2D eigenvalue weighted by Gasteiger charge is -2.20. The highest BCUT2D eigenvalue weighted by Gasteiger charge is 2.23. The molecule has 13 heavy (non-hydrogen) atoms. The monoisotopic (exact) mass is 194 g/mol. The molecular weight excluding hydrogens is 176 g/mol. The van der Waals surface area contributed by atoms with E-state index in [4.69, 9.17) is 0 Å². The molecule has 0 aliphatic rings. The maximum atomic E-state index is 4.37. The summed E-state index contributed by atoms with van der Waals surface area (Å²) in [4.78, 5) is 8.74. The Hall–Kier alpha value is -0.703. The summed E-state index contributed by atoms with van der Waals surface area (Å²) in [5, 5.41) is 0. The van der Waals surface area contributed by atoms with E-state index in [1.807, 2.05) is 18.5 Å². The van der Waals surface area contributed by atoms with Gasteiger partial charge in [0.15, 0.2) is 0 Å². The number of aromatic nitrogens is 2. The third kappa shape index (κ3) is 2.62. The fourth-order valence-corrected chi connectivity index (χ4v) is 5.10. The van der Waals surface area contributed by atoms with Crippen LogP contribution in [-0.2, 0) is 0 Å². The first-order valence-corrected chi connectivity index (χ1v) is 6.81. The van der Waals surface area contributed by atoms with Gasteiger partial charge in [-0.3, -0.25) is 0 Å². The lowest BCUT2D eigenvalue weighted by atomic mass is 10.5. The lowest BCUT2D eigenvalue weighted by Crippen LogP contribution is -2.40. The van der Waals surface area contributed by atoms with E-state index in [0.29, 0.717) is 0 Å². The van der Waals surface area contributed by atoms with E-state index >= 15 is 0 Å². The fraction of sp³-hybridized carbons (Fsp3) is 0.600. The minimum atomic E-state index is -0.961. The van der Waals surface area contributed by atoms with Gasteiger partial charge in [-0.05, 0) is 17.1 Å². The van der Waals surface area contributed by atoms with Crippen molar-refractivity contribution in [1.29, 1.82) is 0 Å². The third-order valence-electron chi connectivity index (χ3n) is 2.32. The summed E-state index contributed by atoms with van der Waals surface area (Å²) < 4.78 is 0. The van der Waals surface area contributed by atoms with Gasteiger partial charge in [0.2, 0.25) is 0 Å². The van der Waals surface area contributed by atoms with E-state index in [1.54, 1.807) is 0 Å². The van der Waals surface area contributed by atoms with Crippen molar-refractivity contribution in [2.45, 2.75) is 38.8 Å². The molecule has 0 atom stereocenters. The van der Waals surface area contributed by atoms with Crippen LogP contribution in [0.4, 0.5) is 0 Å². The van der Waals surface area contributed by atoms with Gasteiger partial charge in [-0.15, -0.1) is 0 Å². The van der Waals surface area contributed by atoms with Crippen LogP contribution >= 0.6 is 0 Å². The molecule has 0 amide bonds. The van der Waals surface area contributed by atoms with Crippen LogP contribution in [0.2, 0.25) is 11.1 Å². The van der Waals surface area contributed by atoms with Gasteiger partial charge in [-0.2, -0.15) is 0 Å². The predicted octanol–water partition coefficient (Wildman–Crippen LogP) is 1.73. The Morgan fingerprint density at radius 2 is 1.46 bits per heavy atom. The molecule has 0 N–H and O–H groups in total. The van der Waals surface area contributed by atoms with Crippen LogP contribution in [0.15, 0.2) is 18.5 Å². The Bertz CT molecular complexity index is 238. The van der Waals surface area contributed by atoms with Crippen LogP contribution in [0.25, 0.3) is 0 Å². The molecule has 0 aliphatic heterocycles. The van der Waals surface area contributed by atoms with E-state index in [0.717, 1.165) is 16.5 Å². The van der Waals surface area contributed by atoms with Gasteiger partial charge in [-0.1, -0.05) is 27.7 Å². The molecule has 0 radical (unpaired) electrons. The topological polar surface area (TPSA) is 25.8 Å². The van der Waals surface area contributed by atoms with Gasteiger partial charge in [-0.25, -0.2) is 9.97 Å². The summed E-state index contributed by atoms with van der Waals surface area (Å²) in [6.45, 7) is 9.14. The highest BCUT2D eigenvalue weighted by Crippen LogP contribution is 2.18. The Morgan fingerprint density at radius 1 is 1.00 bits per heavy atom. The maximum Gasteiger partial charge on any atom is 0.124 e. The molecule has 2 nitrogen and oxygen atoms in total. The Kier molecular flexibility index (Phi) is 3.60. The van der Waals surface area contributed by atoms with E-state index in [2.05, 4.69) is 37.7 Å². The average molecular weight is 194 g/mol. The first-order valence-electron chi connectivity index (χ1n) is 4.90. The predicted molar refractivity (Wildman–Crippen MR) is 59.0 cm³/mol. The molecule has 0 unspecified atom stereocenters. The Balaban J connectivity index is 2.89. The number of hydrogen-bond donors (Lipinski definition) is 0. The average Bonchev–Trinajstić information content (AvgIpc) is 2.04. The second-order valence-electron chi connectivity index (χ2n) is 4.12. The highest BCUT2D eigenvalue weighted by atomic mass is 28.3.